The molecule has 2 rings (SSSR count). The highest BCUT2D eigenvalue weighted by molar-refractivity contribution is 7.98. The second-order valence-electron chi connectivity index (χ2n) is 5.20. The van der Waals surface area contributed by atoms with Gasteiger partial charge in [0.1, 0.15) is 17.5 Å². The molecule has 0 radical (unpaired) electrons. The summed E-state index contributed by atoms with van der Waals surface area (Å²) in [5.41, 5.74) is 0.995. The van der Waals surface area contributed by atoms with Crippen molar-refractivity contribution in [2.75, 3.05) is 32.8 Å². The summed E-state index contributed by atoms with van der Waals surface area (Å²) in [4.78, 5) is 14.1. The predicted octanol–water partition coefficient (Wildman–Crippen LogP) is 2.08. The normalized spacial score (nSPS) is 17.3. The molecule has 0 aromatic heterocycles. The van der Waals surface area contributed by atoms with Crippen LogP contribution in [0.4, 0.5) is 0 Å². The lowest BCUT2D eigenvalue weighted by Gasteiger charge is -2.16. The zero-order valence-corrected chi connectivity index (χ0v) is 15.3. The fraction of sp³-hybridized carbons (Fsp3) is 0.500. The molecule has 1 N–H and O–H groups in total. The van der Waals surface area contributed by atoms with E-state index in [2.05, 4.69) is 5.32 Å². The van der Waals surface area contributed by atoms with Gasteiger partial charge in [0, 0.05) is 6.54 Å². The summed E-state index contributed by atoms with van der Waals surface area (Å²) in [6.07, 6.45) is 3.48. The third kappa shape index (κ3) is 4.29. The van der Waals surface area contributed by atoms with Crippen LogP contribution in [0.2, 0.25) is 0 Å². The smallest absolute Gasteiger partial charge is 0.251 e. The zero-order valence-electron chi connectivity index (χ0n) is 13.6. The molecule has 0 spiro atoms. The lowest BCUT2D eigenvalue weighted by atomic mass is 10.1. The highest BCUT2D eigenvalue weighted by Gasteiger charge is 2.34. The maximum atomic E-state index is 12.4. The Kier molecular flexibility index (Phi) is 6.53. The van der Waals surface area contributed by atoms with Crippen molar-refractivity contribution in [2.24, 2.45) is 0 Å². The van der Waals surface area contributed by atoms with Crippen LogP contribution in [0.5, 0.6) is 11.5 Å². The molecule has 126 valence electrons. The van der Waals surface area contributed by atoms with Crippen LogP contribution in [0.15, 0.2) is 18.2 Å². The Hall–Kier alpha value is -1.47. The van der Waals surface area contributed by atoms with E-state index in [9.17, 15) is 4.79 Å². The average molecular weight is 354 g/mol. The Balaban J connectivity index is 2.03. The van der Waals surface area contributed by atoms with Gasteiger partial charge in [-0.25, -0.2) is 0 Å². The average Bonchev–Trinajstić information content (AvgIpc) is 2.84. The van der Waals surface area contributed by atoms with E-state index in [-0.39, 0.29) is 11.9 Å². The third-order valence-electron chi connectivity index (χ3n) is 3.81. The molecule has 1 atom stereocenters. The molecule has 1 fully saturated rings. The van der Waals surface area contributed by atoms with Crippen molar-refractivity contribution in [3.05, 3.63) is 23.8 Å². The number of benzene rings is 1. The molecule has 7 heteroatoms. The molecule has 1 amide bonds. The highest BCUT2D eigenvalue weighted by Crippen LogP contribution is 2.25. The minimum Gasteiger partial charge on any atom is -0.497 e. The molecule has 1 unspecified atom stereocenters. The number of nitrogens with one attached hydrogen (secondary N) is 1. The maximum Gasteiger partial charge on any atom is 0.251 e. The number of carbonyl (C=O) groups excluding carboxylic acids is 1. The number of hydrogen-bond donors (Lipinski definition) is 1. The molecule has 23 heavy (non-hydrogen) atoms. The van der Waals surface area contributed by atoms with Gasteiger partial charge in [0.25, 0.3) is 5.91 Å². The zero-order chi connectivity index (χ0) is 16.8. The number of thioether (sulfide) groups is 1. The van der Waals surface area contributed by atoms with Crippen molar-refractivity contribution in [3.63, 3.8) is 0 Å². The molecule has 0 bridgehead atoms. The topological polar surface area (TPSA) is 50.8 Å². The number of carbonyl (C=O) groups is 1. The summed E-state index contributed by atoms with van der Waals surface area (Å²) in [5, 5.41) is 3.63. The molecule has 0 saturated carbocycles. The summed E-state index contributed by atoms with van der Waals surface area (Å²) in [6, 6.07) is 5.47. The van der Waals surface area contributed by atoms with Gasteiger partial charge < -0.3 is 14.8 Å². The second-order valence-corrected chi connectivity index (χ2v) is 6.57. The van der Waals surface area contributed by atoms with E-state index in [1.807, 2.05) is 24.5 Å². The van der Waals surface area contributed by atoms with Crippen molar-refractivity contribution in [1.82, 2.24) is 10.2 Å². The largest absolute Gasteiger partial charge is 0.497 e. The van der Waals surface area contributed by atoms with Gasteiger partial charge in [0.15, 0.2) is 5.11 Å². The molecule has 1 aromatic rings. The molecular weight excluding hydrogens is 332 g/mol. The van der Waals surface area contributed by atoms with E-state index < -0.39 is 0 Å². The molecule has 1 saturated heterocycles. The van der Waals surface area contributed by atoms with Gasteiger partial charge >= 0.3 is 0 Å². The van der Waals surface area contributed by atoms with Crippen LogP contribution < -0.4 is 14.8 Å². The minimum atomic E-state index is -0.192. The standard InChI is InChI=1S/C16H22N2O3S2/c1-20-12-4-5-14(21-2)11(10-12)6-8-18-15(19)13(7-9-23-3)17-16(18)22/h4-5,10,13H,6-9H2,1-3H3,(H,17,22). The van der Waals surface area contributed by atoms with Crippen molar-refractivity contribution in [2.45, 2.75) is 18.9 Å². The van der Waals surface area contributed by atoms with Gasteiger partial charge in [-0.3, -0.25) is 9.69 Å². The lowest BCUT2D eigenvalue weighted by Crippen LogP contribution is -2.33. The summed E-state index contributed by atoms with van der Waals surface area (Å²) < 4.78 is 10.6. The van der Waals surface area contributed by atoms with Crippen molar-refractivity contribution >= 4 is 35.0 Å². The number of nitrogens with zero attached hydrogens (tertiary/aromatic N) is 1. The monoisotopic (exact) mass is 354 g/mol. The van der Waals surface area contributed by atoms with Gasteiger partial charge in [0.05, 0.1) is 14.2 Å². The first-order valence-electron chi connectivity index (χ1n) is 7.42. The Labute approximate surface area is 146 Å². The molecule has 1 heterocycles. The Morgan fingerprint density at radius 3 is 2.78 bits per heavy atom. The van der Waals surface area contributed by atoms with Crippen LogP contribution in [0, 0.1) is 0 Å². The van der Waals surface area contributed by atoms with Gasteiger partial charge in [-0.1, -0.05) is 0 Å². The van der Waals surface area contributed by atoms with E-state index >= 15 is 0 Å². The van der Waals surface area contributed by atoms with Crippen LogP contribution in [0.25, 0.3) is 0 Å². The van der Waals surface area contributed by atoms with Crippen molar-refractivity contribution in [3.8, 4) is 11.5 Å². The first-order chi connectivity index (χ1) is 11.1. The number of rotatable bonds is 8. The molecule has 1 aliphatic heterocycles. The van der Waals surface area contributed by atoms with E-state index in [1.165, 1.54) is 0 Å². The molecular formula is C16H22N2O3S2. The summed E-state index contributed by atoms with van der Waals surface area (Å²) in [5.74, 6) is 2.55. The molecule has 1 aliphatic rings. The van der Waals surface area contributed by atoms with Crippen molar-refractivity contribution in [1.29, 1.82) is 0 Å². The minimum absolute atomic E-state index is 0.0610. The van der Waals surface area contributed by atoms with E-state index in [4.69, 9.17) is 21.7 Å². The first kappa shape index (κ1) is 17.9. The Bertz CT molecular complexity index is 580. The quantitative estimate of drug-likeness (QED) is 0.722. The van der Waals surface area contributed by atoms with Crippen molar-refractivity contribution < 1.29 is 14.3 Å². The Morgan fingerprint density at radius 2 is 2.13 bits per heavy atom. The SMILES string of the molecule is COc1ccc(OC)c(CCN2C(=O)C(CCSC)NC2=S)c1. The first-order valence-corrected chi connectivity index (χ1v) is 9.22. The molecule has 0 aliphatic carbocycles. The van der Waals surface area contributed by atoms with Crippen LogP contribution in [0.3, 0.4) is 0 Å². The van der Waals surface area contributed by atoms with Gasteiger partial charge in [-0.2, -0.15) is 11.8 Å². The predicted molar refractivity (Wildman–Crippen MR) is 97.5 cm³/mol. The number of methoxy groups -OCH3 is 2. The summed E-state index contributed by atoms with van der Waals surface area (Å²) >= 11 is 7.03. The van der Waals surface area contributed by atoms with E-state index in [0.29, 0.717) is 18.1 Å². The number of amides is 1. The molecule has 5 nitrogen and oxygen atoms in total. The second kappa shape index (κ2) is 8.40. The highest BCUT2D eigenvalue weighted by atomic mass is 32.2. The maximum absolute atomic E-state index is 12.4. The summed E-state index contributed by atoms with van der Waals surface area (Å²) in [6.45, 7) is 0.532. The fourth-order valence-electron chi connectivity index (χ4n) is 2.53. The number of hydrogen-bond acceptors (Lipinski definition) is 5. The number of ether oxygens (including phenoxy) is 2. The van der Waals surface area contributed by atoms with Crippen LogP contribution >= 0.6 is 24.0 Å². The van der Waals surface area contributed by atoms with Crippen LogP contribution in [0.1, 0.15) is 12.0 Å². The number of thiocarbonyl (C=S) groups is 1. The van der Waals surface area contributed by atoms with Crippen LogP contribution in [-0.2, 0) is 11.2 Å². The van der Waals surface area contributed by atoms with Crippen LogP contribution in [-0.4, -0.2) is 54.7 Å². The van der Waals surface area contributed by atoms with Gasteiger partial charge in [-0.05, 0) is 60.8 Å². The van der Waals surface area contributed by atoms with Gasteiger partial charge in [0.2, 0.25) is 0 Å². The van der Waals surface area contributed by atoms with Gasteiger partial charge in [-0.15, -0.1) is 0 Å². The molecule has 1 aromatic carbocycles. The Morgan fingerprint density at radius 1 is 1.35 bits per heavy atom. The third-order valence-corrected chi connectivity index (χ3v) is 4.79. The lowest BCUT2D eigenvalue weighted by molar-refractivity contribution is -0.127. The fourth-order valence-corrected chi connectivity index (χ4v) is 3.32. The van der Waals surface area contributed by atoms with E-state index in [1.54, 1.807) is 30.9 Å². The summed E-state index contributed by atoms with van der Waals surface area (Å²) in [7, 11) is 3.27. The van der Waals surface area contributed by atoms with E-state index in [0.717, 1.165) is 29.2 Å².